The summed E-state index contributed by atoms with van der Waals surface area (Å²) in [5.74, 6) is 0. The van der Waals surface area contributed by atoms with Crippen LogP contribution in [-0.4, -0.2) is 21.6 Å². The Bertz CT molecular complexity index is 2560. The molecular weight excluding hydrogens is 545 g/mol. The molecule has 0 bridgehead atoms. The largest absolute Gasteiger partial charge is 0.309 e. The zero-order valence-corrected chi connectivity index (χ0v) is 23.8. The summed E-state index contributed by atoms with van der Waals surface area (Å²) in [6.45, 7) is 0. The van der Waals surface area contributed by atoms with E-state index < -0.39 is 0 Å². The molecule has 3 aromatic heterocycles. The zero-order valence-electron chi connectivity index (χ0n) is 23.0. The fourth-order valence-electron chi connectivity index (χ4n) is 6.93. The predicted octanol–water partition coefficient (Wildman–Crippen LogP) is 10.2. The Morgan fingerprint density at radius 1 is 0.512 bits per heavy atom. The van der Waals surface area contributed by atoms with Crippen LogP contribution in [0, 0.1) is 10.8 Å². The van der Waals surface area contributed by atoms with E-state index in [-0.39, 0.29) is 0 Å². The quantitative estimate of drug-likeness (QED) is 0.199. The lowest BCUT2D eigenvalue weighted by Gasteiger charge is -2.17. The van der Waals surface area contributed by atoms with Gasteiger partial charge in [0.05, 0.1) is 27.8 Å². The second-order valence-corrected chi connectivity index (χ2v) is 12.0. The molecule has 3 heterocycles. The SMILES string of the molecule is N=Cc1cc(-n2c3ccccc3c3c4sc5ccccc5c4ccc32)cc(-n2c3ccccc3c3ccccc32)c1C=N. The zero-order chi connectivity index (χ0) is 28.7. The number of nitrogens with zero attached hydrogens (tertiary/aromatic N) is 2. The van der Waals surface area contributed by atoms with Crippen LogP contribution in [-0.2, 0) is 0 Å². The van der Waals surface area contributed by atoms with E-state index in [1.165, 1.54) is 54.1 Å². The van der Waals surface area contributed by atoms with E-state index in [9.17, 15) is 0 Å². The number of thiophene rings is 1. The van der Waals surface area contributed by atoms with Gasteiger partial charge in [0.15, 0.2) is 0 Å². The molecule has 6 aromatic carbocycles. The average molecular weight is 569 g/mol. The van der Waals surface area contributed by atoms with Gasteiger partial charge >= 0.3 is 0 Å². The van der Waals surface area contributed by atoms with Crippen molar-refractivity contribution in [2.24, 2.45) is 0 Å². The van der Waals surface area contributed by atoms with Crippen molar-refractivity contribution < 1.29 is 0 Å². The highest BCUT2D eigenvalue weighted by atomic mass is 32.1. The van der Waals surface area contributed by atoms with Crippen molar-refractivity contribution in [3.05, 3.63) is 132 Å². The third-order valence-corrected chi connectivity index (χ3v) is 9.94. The van der Waals surface area contributed by atoms with E-state index >= 15 is 0 Å². The second kappa shape index (κ2) is 8.99. The minimum atomic E-state index is 0.707. The molecule has 4 nitrogen and oxygen atoms in total. The molecule has 202 valence electrons. The Labute approximate surface area is 250 Å². The summed E-state index contributed by atoms with van der Waals surface area (Å²) in [4.78, 5) is 0. The molecule has 43 heavy (non-hydrogen) atoms. The van der Waals surface area contributed by atoms with Gasteiger partial charge in [0.1, 0.15) is 0 Å². The molecule has 0 saturated heterocycles. The van der Waals surface area contributed by atoms with E-state index in [2.05, 4.69) is 124 Å². The molecule has 9 aromatic rings. The molecule has 0 spiro atoms. The molecule has 0 aliphatic carbocycles. The van der Waals surface area contributed by atoms with Crippen LogP contribution in [0.4, 0.5) is 0 Å². The van der Waals surface area contributed by atoms with Crippen molar-refractivity contribution in [2.45, 2.75) is 0 Å². The number of benzene rings is 6. The van der Waals surface area contributed by atoms with Crippen molar-refractivity contribution in [1.29, 1.82) is 10.8 Å². The van der Waals surface area contributed by atoms with E-state index in [4.69, 9.17) is 10.8 Å². The molecule has 0 unspecified atom stereocenters. The molecular formula is C38H24N4S. The molecule has 2 N–H and O–H groups in total. The standard InChI is InChI=1S/C38H24N4S/c39-21-23-19-24(20-35(30(23)22-40)42-31-13-5-1-9-25(31)26-10-2-6-14-32(26)42)41-33-15-7-3-12-29(33)37-34(41)18-17-28-27-11-4-8-16-36(27)43-38(28)37/h1-22,39-40H. The van der Waals surface area contributed by atoms with Crippen LogP contribution in [0.3, 0.4) is 0 Å². The summed E-state index contributed by atoms with van der Waals surface area (Å²) in [5, 5.41) is 24.2. The van der Waals surface area contributed by atoms with Crippen LogP contribution in [0.5, 0.6) is 0 Å². The minimum absolute atomic E-state index is 0.707. The van der Waals surface area contributed by atoms with E-state index in [0.717, 1.165) is 39.0 Å². The van der Waals surface area contributed by atoms with Crippen molar-refractivity contribution in [1.82, 2.24) is 9.13 Å². The first-order valence-corrected chi connectivity index (χ1v) is 15.1. The lowest BCUT2D eigenvalue weighted by molar-refractivity contribution is 1.13. The van der Waals surface area contributed by atoms with E-state index in [1.807, 2.05) is 17.4 Å². The van der Waals surface area contributed by atoms with Gasteiger partial charge in [0.2, 0.25) is 0 Å². The van der Waals surface area contributed by atoms with Crippen LogP contribution in [0.1, 0.15) is 11.1 Å². The molecule has 0 fully saturated rings. The van der Waals surface area contributed by atoms with E-state index in [0.29, 0.717) is 5.56 Å². The highest BCUT2D eigenvalue weighted by Crippen LogP contribution is 2.44. The highest BCUT2D eigenvalue weighted by molar-refractivity contribution is 7.26. The summed E-state index contributed by atoms with van der Waals surface area (Å²) in [6.07, 6.45) is 2.76. The Balaban J connectivity index is 1.43. The molecule has 0 radical (unpaired) electrons. The molecule has 0 saturated carbocycles. The summed E-state index contributed by atoms with van der Waals surface area (Å²) < 4.78 is 7.16. The minimum Gasteiger partial charge on any atom is -0.309 e. The van der Waals surface area contributed by atoms with Gasteiger partial charge in [-0.25, -0.2) is 0 Å². The van der Waals surface area contributed by atoms with Crippen molar-refractivity contribution in [3.63, 3.8) is 0 Å². The Morgan fingerprint density at radius 2 is 1.12 bits per heavy atom. The van der Waals surface area contributed by atoms with Gasteiger partial charge in [0.25, 0.3) is 0 Å². The van der Waals surface area contributed by atoms with Gasteiger partial charge in [-0.2, -0.15) is 0 Å². The van der Waals surface area contributed by atoms with Gasteiger partial charge in [-0.15, -0.1) is 11.3 Å². The molecule has 0 atom stereocenters. The third kappa shape index (κ3) is 3.25. The summed E-state index contributed by atoms with van der Waals surface area (Å²) in [7, 11) is 0. The summed E-state index contributed by atoms with van der Waals surface area (Å²) in [5.41, 5.74) is 7.69. The smallest absolute Gasteiger partial charge is 0.0577 e. The summed E-state index contributed by atoms with van der Waals surface area (Å²) in [6, 6.07) is 42.8. The maximum atomic E-state index is 8.45. The number of fused-ring (bicyclic) bond motifs is 10. The lowest BCUT2D eigenvalue weighted by Crippen LogP contribution is -2.06. The number of hydrogen-bond acceptors (Lipinski definition) is 3. The number of para-hydroxylation sites is 3. The Kier molecular flexibility index (Phi) is 5.04. The first-order chi connectivity index (χ1) is 21.3. The van der Waals surface area contributed by atoms with Gasteiger partial charge in [0, 0.05) is 71.0 Å². The van der Waals surface area contributed by atoms with Crippen molar-refractivity contribution in [2.75, 3.05) is 0 Å². The Hall–Kier alpha value is -5.52. The normalized spacial score (nSPS) is 11.9. The second-order valence-electron chi connectivity index (χ2n) is 10.9. The molecule has 0 amide bonds. The van der Waals surface area contributed by atoms with Gasteiger partial charge in [-0.1, -0.05) is 78.9 Å². The van der Waals surface area contributed by atoms with Crippen LogP contribution < -0.4 is 0 Å². The molecule has 0 aliphatic heterocycles. The van der Waals surface area contributed by atoms with Crippen LogP contribution >= 0.6 is 11.3 Å². The van der Waals surface area contributed by atoms with Gasteiger partial charge < -0.3 is 20.0 Å². The topological polar surface area (TPSA) is 57.6 Å². The molecule has 5 heteroatoms. The third-order valence-electron chi connectivity index (χ3n) is 8.73. The highest BCUT2D eigenvalue weighted by Gasteiger charge is 2.21. The first-order valence-electron chi connectivity index (χ1n) is 14.3. The maximum absolute atomic E-state index is 8.45. The Morgan fingerprint density at radius 3 is 1.79 bits per heavy atom. The number of hydrogen-bond donors (Lipinski definition) is 2. The maximum Gasteiger partial charge on any atom is 0.0577 e. The van der Waals surface area contributed by atoms with Crippen LogP contribution in [0.25, 0.3) is 75.2 Å². The van der Waals surface area contributed by atoms with Crippen LogP contribution in [0.2, 0.25) is 0 Å². The number of nitrogens with one attached hydrogen (secondary N) is 2. The summed E-state index contributed by atoms with van der Waals surface area (Å²) >= 11 is 1.85. The van der Waals surface area contributed by atoms with Crippen molar-refractivity contribution in [3.8, 4) is 11.4 Å². The lowest BCUT2D eigenvalue weighted by atomic mass is 10.0. The predicted molar refractivity (Wildman–Crippen MR) is 184 cm³/mol. The fourth-order valence-corrected chi connectivity index (χ4v) is 8.19. The van der Waals surface area contributed by atoms with E-state index in [1.54, 1.807) is 0 Å². The molecule has 9 rings (SSSR count). The average Bonchev–Trinajstić information content (AvgIpc) is 3.71. The molecule has 0 aliphatic rings. The van der Waals surface area contributed by atoms with Crippen molar-refractivity contribution >= 4 is 87.5 Å². The first kappa shape index (κ1) is 24.1. The number of rotatable bonds is 4. The van der Waals surface area contributed by atoms with Gasteiger partial charge in [-0.05, 0) is 42.5 Å². The number of aromatic nitrogens is 2. The monoisotopic (exact) mass is 568 g/mol. The fraction of sp³-hybridized carbons (Fsp3) is 0. The van der Waals surface area contributed by atoms with Crippen LogP contribution in [0.15, 0.2) is 121 Å². The van der Waals surface area contributed by atoms with Gasteiger partial charge in [-0.3, -0.25) is 0 Å².